The summed E-state index contributed by atoms with van der Waals surface area (Å²) in [6.07, 6.45) is -0.0381. The standard InChI is InChI=1S/C18H21Cl2NO3/c1-12(24-16-7-5-4-6-14(16)19)10-21-11-13-8-17(22-2)18(23-3)9-15(13)20/h4-9,12,21H,10-11H2,1-3H3. The second kappa shape index (κ2) is 9.02. The fraction of sp³-hybridized carbons (Fsp3) is 0.333. The second-order valence-corrected chi connectivity index (χ2v) is 6.10. The summed E-state index contributed by atoms with van der Waals surface area (Å²) < 4.78 is 16.4. The zero-order valence-corrected chi connectivity index (χ0v) is 15.4. The van der Waals surface area contributed by atoms with Gasteiger partial charge in [0.15, 0.2) is 11.5 Å². The molecule has 0 bridgehead atoms. The molecule has 2 aromatic rings. The van der Waals surface area contributed by atoms with Crippen LogP contribution in [-0.4, -0.2) is 26.9 Å². The molecule has 0 aliphatic rings. The molecule has 2 rings (SSSR count). The monoisotopic (exact) mass is 369 g/mol. The molecule has 1 unspecified atom stereocenters. The maximum Gasteiger partial charge on any atom is 0.162 e. The van der Waals surface area contributed by atoms with E-state index in [0.29, 0.717) is 40.4 Å². The topological polar surface area (TPSA) is 39.7 Å². The van der Waals surface area contributed by atoms with Crippen LogP contribution in [0.15, 0.2) is 36.4 Å². The zero-order chi connectivity index (χ0) is 17.5. The molecule has 1 N–H and O–H groups in total. The number of halogens is 2. The minimum Gasteiger partial charge on any atom is -0.493 e. The van der Waals surface area contributed by atoms with E-state index in [4.69, 9.17) is 37.4 Å². The Labute approximate surface area is 152 Å². The number of hydrogen-bond donors (Lipinski definition) is 1. The lowest BCUT2D eigenvalue weighted by molar-refractivity contribution is 0.217. The Bertz CT molecular complexity index is 679. The summed E-state index contributed by atoms with van der Waals surface area (Å²) in [7, 11) is 3.18. The van der Waals surface area contributed by atoms with E-state index in [1.807, 2.05) is 31.2 Å². The van der Waals surface area contributed by atoms with Crippen molar-refractivity contribution in [3.8, 4) is 17.2 Å². The van der Waals surface area contributed by atoms with Gasteiger partial charge in [0.05, 0.1) is 19.2 Å². The van der Waals surface area contributed by atoms with Gasteiger partial charge in [-0.1, -0.05) is 35.3 Å². The normalized spacial score (nSPS) is 11.9. The van der Waals surface area contributed by atoms with Gasteiger partial charge in [0.2, 0.25) is 0 Å². The maximum absolute atomic E-state index is 6.28. The van der Waals surface area contributed by atoms with Gasteiger partial charge in [-0.2, -0.15) is 0 Å². The van der Waals surface area contributed by atoms with Crippen molar-refractivity contribution in [1.29, 1.82) is 0 Å². The Morgan fingerprint density at radius 1 is 0.958 bits per heavy atom. The summed E-state index contributed by atoms with van der Waals surface area (Å²) in [5, 5.41) is 4.55. The molecule has 0 fully saturated rings. The van der Waals surface area contributed by atoms with Crippen molar-refractivity contribution in [1.82, 2.24) is 5.32 Å². The third-order valence-electron chi connectivity index (χ3n) is 3.46. The predicted molar refractivity (Wildman–Crippen MR) is 97.8 cm³/mol. The second-order valence-electron chi connectivity index (χ2n) is 5.29. The predicted octanol–water partition coefficient (Wildman–Crippen LogP) is 4.57. The number of nitrogens with one attached hydrogen (secondary N) is 1. The van der Waals surface area contributed by atoms with Crippen LogP contribution in [0.4, 0.5) is 0 Å². The Morgan fingerprint density at radius 3 is 2.29 bits per heavy atom. The Morgan fingerprint density at radius 2 is 1.62 bits per heavy atom. The molecule has 0 heterocycles. The average Bonchev–Trinajstić information content (AvgIpc) is 2.58. The van der Waals surface area contributed by atoms with E-state index in [1.54, 1.807) is 26.4 Å². The van der Waals surface area contributed by atoms with Gasteiger partial charge in [0, 0.05) is 24.2 Å². The Balaban J connectivity index is 1.91. The summed E-state index contributed by atoms with van der Waals surface area (Å²) >= 11 is 12.4. The van der Waals surface area contributed by atoms with Gasteiger partial charge in [-0.25, -0.2) is 0 Å². The molecule has 0 saturated heterocycles. The molecule has 6 heteroatoms. The van der Waals surface area contributed by atoms with Crippen LogP contribution in [0.1, 0.15) is 12.5 Å². The van der Waals surface area contributed by atoms with Crippen LogP contribution in [0.25, 0.3) is 0 Å². The molecule has 0 spiro atoms. The molecule has 0 aliphatic heterocycles. The van der Waals surface area contributed by atoms with Crippen molar-refractivity contribution in [2.24, 2.45) is 0 Å². The highest BCUT2D eigenvalue weighted by Crippen LogP contribution is 2.33. The lowest BCUT2D eigenvalue weighted by Crippen LogP contribution is -2.28. The molecule has 0 radical (unpaired) electrons. The van der Waals surface area contributed by atoms with Crippen LogP contribution in [0.2, 0.25) is 10.0 Å². The van der Waals surface area contributed by atoms with Crippen molar-refractivity contribution >= 4 is 23.2 Å². The van der Waals surface area contributed by atoms with Crippen molar-refractivity contribution in [3.05, 3.63) is 52.0 Å². The van der Waals surface area contributed by atoms with Gasteiger partial charge < -0.3 is 19.5 Å². The van der Waals surface area contributed by atoms with E-state index < -0.39 is 0 Å². The minimum absolute atomic E-state index is 0.0381. The van der Waals surface area contributed by atoms with Crippen LogP contribution in [0.3, 0.4) is 0 Å². The number of rotatable bonds is 8. The smallest absolute Gasteiger partial charge is 0.162 e. The molecule has 0 saturated carbocycles. The van der Waals surface area contributed by atoms with Crippen LogP contribution in [-0.2, 0) is 6.54 Å². The van der Waals surface area contributed by atoms with Crippen LogP contribution in [0.5, 0.6) is 17.2 Å². The van der Waals surface area contributed by atoms with Gasteiger partial charge in [0.1, 0.15) is 11.9 Å². The van der Waals surface area contributed by atoms with Crippen LogP contribution < -0.4 is 19.5 Å². The molecule has 0 amide bonds. The third kappa shape index (κ3) is 4.94. The highest BCUT2D eigenvalue weighted by atomic mass is 35.5. The lowest BCUT2D eigenvalue weighted by Gasteiger charge is -2.17. The average molecular weight is 370 g/mol. The Kier molecular flexibility index (Phi) is 7.03. The molecular weight excluding hydrogens is 349 g/mol. The van der Waals surface area contributed by atoms with Crippen LogP contribution in [0, 0.1) is 0 Å². The van der Waals surface area contributed by atoms with Gasteiger partial charge in [-0.15, -0.1) is 0 Å². The van der Waals surface area contributed by atoms with Crippen molar-refractivity contribution in [3.63, 3.8) is 0 Å². The first-order valence-corrected chi connectivity index (χ1v) is 8.33. The first kappa shape index (κ1) is 18.7. The molecule has 130 valence electrons. The maximum atomic E-state index is 6.28. The first-order chi connectivity index (χ1) is 11.5. The number of hydrogen-bond acceptors (Lipinski definition) is 4. The Hall–Kier alpha value is -1.62. The molecule has 0 aliphatic carbocycles. The van der Waals surface area contributed by atoms with E-state index in [1.165, 1.54) is 0 Å². The number of benzene rings is 2. The van der Waals surface area contributed by atoms with Crippen molar-refractivity contribution < 1.29 is 14.2 Å². The first-order valence-electron chi connectivity index (χ1n) is 7.57. The molecule has 4 nitrogen and oxygen atoms in total. The highest BCUT2D eigenvalue weighted by molar-refractivity contribution is 6.32. The van der Waals surface area contributed by atoms with Crippen molar-refractivity contribution in [2.75, 3.05) is 20.8 Å². The van der Waals surface area contributed by atoms with Gasteiger partial charge in [-0.05, 0) is 30.7 Å². The molecule has 24 heavy (non-hydrogen) atoms. The number of ether oxygens (including phenoxy) is 3. The summed E-state index contributed by atoms with van der Waals surface area (Å²) in [4.78, 5) is 0. The third-order valence-corrected chi connectivity index (χ3v) is 4.13. The lowest BCUT2D eigenvalue weighted by atomic mass is 10.2. The van der Waals surface area contributed by atoms with E-state index in [0.717, 1.165) is 5.56 Å². The molecular formula is C18H21Cl2NO3. The van der Waals surface area contributed by atoms with Gasteiger partial charge >= 0.3 is 0 Å². The summed E-state index contributed by atoms with van der Waals surface area (Å²) in [5.41, 5.74) is 0.930. The molecule has 1 atom stereocenters. The van der Waals surface area contributed by atoms with E-state index in [9.17, 15) is 0 Å². The molecule has 2 aromatic carbocycles. The van der Waals surface area contributed by atoms with E-state index in [-0.39, 0.29) is 6.10 Å². The highest BCUT2D eigenvalue weighted by Gasteiger charge is 2.11. The van der Waals surface area contributed by atoms with Gasteiger partial charge in [-0.3, -0.25) is 0 Å². The van der Waals surface area contributed by atoms with E-state index in [2.05, 4.69) is 5.32 Å². The fourth-order valence-electron chi connectivity index (χ4n) is 2.24. The summed E-state index contributed by atoms with van der Waals surface area (Å²) in [5.74, 6) is 1.94. The zero-order valence-electron chi connectivity index (χ0n) is 13.9. The summed E-state index contributed by atoms with van der Waals surface area (Å²) in [6, 6.07) is 11.0. The SMILES string of the molecule is COc1cc(Cl)c(CNCC(C)Oc2ccccc2Cl)cc1OC. The number of methoxy groups -OCH3 is 2. The minimum atomic E-state index is -0.0381. The van der Waals surface area contributed by atoms with Gasteiger partial charge in [0.25, 0.3) is 0 Å². The fourth-order valence-corrected chi connectivity index (χ4v) is 2.64. The van der Waals surface area contributed by atoms with E-state index >= 15 is 0 Å². The van der Waals surface area contributed by atoms with Crippen molar-refractivity contribution in [2.45, 2.75) is 19.6 Å². The summed E-state index contributed by atoms with van der Waals surface area (Å²) in [6.45, 7) is 3.22. The number of para-hydroxylation sites is 1. The molecule has 0 aromatic heterocycles. The van der Waals surface area contributed by atoms with Crippen LogP contribution >= 0.6 is 23.2 Å². The quantitative estimate of drug-likeness (QED) is 0.739. The largest absolute Gasteiger partial charge is 0.493 e.